The average molecular weight is 708 g/mol. The number of rotatable bonds is 12. The van der Waals surface area contributed by atoms with Gasteiger partial charge in [-0.15, -0.1) is 0 Å². The van der Waals surface area contributed by atoms with Crippen molar-refractivity contribution in [3.63, 3.8) is 0 Å². The van der Waals surface area contributed by atoms with Gasteiger partial charge in [-0.2, -0.15) is 10.4 Å². The molecule has 3 N–H and O–H groups in total. The number of hydrogen-bond donors (Lipinski definition) is 3. The zero-order valence-electron chi connectivity index (χ0n) is 24.5. The van der Waals surface area contributed by atoms with Crippen molar-refractivity contribution in [3.05, 3.63) is 109 Å². The van der Waals surface area contributed by atoms with E-state index >= 15 is 0 Å². The molecule has 236 valence electrons. The second kappa shape index (κ2) is 15.6. The highest BCUT2D eigenvalue weighted by molar-refractivity contribution is 9.10. The summed E-state index contributed by atoms with van der Waals surface area (Å²) in [5.74, 6) is -0.780. The third-order valence-corrected chi connectivity index (χ3v) is 7.27. The van der Waals surface area contributed by atoms with Gasteiger partial charge in [0.25, 0.3) is 5.91 Å². The van der Waals surface area contributed by atoms with Crippen LogP contribution in [0.25, 0.3) is 0 Å². The molecule has 1 aliphatic heterocycles. The molecule has 0 aromatic heterocycles. The molecule has 1 aliphatic rings. The van der Waals surface area contributed by atoms with Crippen LogP contribution in [0.2, 0.25) is 0 Å². The fourth-order valence-electron chi connectivity index (χ4n) is 4.39. The molecule has 3 aromatic carbocycles. The van der Waals surface area contributed by atoms with E-state index in [4.69, 9.17) is 31.7 Å². The van der Waals surface area contributed by atoms with E-state index < -0.39 is 29.4 Å². The number of nitrogens with one attached hydrogen (secondary N) is 3. The second-order valence-electron chi connectivity index (χ2n) is 9.62. The minimum Gasteiger partial charge on any atom is -0.483 e. The Morgan fingerprint density at radius 1 is 1.20 bits per heavy atom. The number of nitriles is 1. The summed E-state index contributed by atoms with van der Waals surface area (Å²) in [6.45, 7) is 3.23. The van der Waals surface area contributed by atoms with Crippen molar-refractivity contribution in [2.45, 2.75) is 26.5 Å². The highest BCUT2D eigenvalue weighted by Gasteiger charge is 2.32. The van der Waals surface area contributed by atoms with Crippen LogP contribution < -0.4 is 25.5 Å². The van der Waals surface area contributed by atoms with Crippen molar-refractivity contribution in [1.82, 2.24) is 16.1 Å². The highest BCUT2D eigenvalue weighted by Crippen LogP contribution is 2.37. The van der Waals surface area contributed by atoms with Crippen LogP contribution in [0.1, 0.15) is 42.1 Å². The van der Waals surface area contributed by atoms with E-state index in [0.717, 1.165) is 5.56 Å². The zero-order chi connectivity index (χ0) is 33.2. The molecule has 15 heteroatoms. The van der Waals surface area contributed by atoms with Gasteiger partial charge in [-0.25, -0.2) is 10.2 Å². The first kappa shape index (κ1) is 33.6. The maximum absolute atomic E-state index is 12.7. The van der Waals surface area contributed by atoms with E-state index in [0.29, 0.717) is 43.3 Å². The lowest BCUT2D eigenvalue weighted by molar-refractivity contribution is -0.386. The fraction of sp³-hybridized carbons (Fsp3) is 0.194. The SMILES string of the molecule is CCOC(=O)C1=C(C)NC(=S)N[C@@H]1c1ccccc1OCC(=O)NN=Cc1cc(Br)c(OCc2ccc(C#N)cc2)c([N+](=O)[O-])c1. The van der Waals surface area contributed by atoms with Crippen LogP contribution in [-0.2, 0) is 20.9 Å². The molecule has 0 unspecified atom stereocenters. The van der Waals surface area contributed by atoms with Gasteiger partial charge in [0.15, 0.2) is 11.7 Å². The van der Waals surface area contributed by atoms with Crippen molar-refractivity contribution in [1.29, 1.82) is 5.26 Å². The van der Waals surface area contributed by atoms with E-state index in [9.17, 15) is 19.7 Å². The normalized spacial score (nSPS) is 14.1. The van der Waals surface area contributed by atoms with Gasteiger partial charge < -0.3 is 24.8 Å². The second-order valence-corrected chi connectivity index (χ2v) is 10.9. The number of carbonyl (C=O) groups excluding carboxylic acids is 2. The quantitative estimate of drug-likeness (QED) is 0.0782. The molecule has 1 amide bonds. The van der Waals surface area contributed by atoms with Crippen LogP contribution in [0, 0.1) is 21.4 Å². The maximum Gasteiger partial charge on any atom is 0.338 e. The third kappa shape index (κ3) is 8.43. The van der Waals surface area contributed by atoms with E-state index in [1.165, 1.54) is 12.3 Å². The van der Waals surface area contributed by atoms with Crippen molar-refractivity contribution in [2.24, 2.45) is 5.10 Å². The first-order chi connectivity index (χ1) is 22.1. The van der Waals surface area contributed by atoms with Crippen LogP contribution in [0.3, 0.4) is 0 Å². The minimum absolute atomic E-state index is 0.0164. The number of esters is 1. The first-order valence-electron chi connectivity index (χ1n) is 13.7. The van der Waals surface area contributed by atoms with Gasteiger partial charge in [0.1, 0.15) is 12.4 Å². The summed E-state index contributed by atoms with van der Waals surface area (Å²) in [6, 6.07) is 17.7. The Kier molecular flexibility index (Phi) is 11.4. The monoisotopic (exact) mass is 706 g/mol. The van der Waals surface area contributed by atoms with Gasteiger partial charge in [0.2, 0.25) is 5.75 Å². The van der Waals surface area contributed by atoms with Gasteiger partial charge in [-0.1, -0.05) is 30.3 Å². The van der Waals surface area contributed by atoms with E-state index in [-0.39, 0.29) is 24.7 Å². The summed E-state index contributed by atoms with van der Waals surface area (Å²) in [5.41, 5.74) is 4.97. The van der Waals surface area contributed by atoms with Gasteiger partial charge in [-0.3, -0.25) is 14.9 Å². The third-order valence-electron chi connectivity index (χ3n) is 6.47. The summed E-state index contributed by atoms with van der Waals surface area (Å²) >= 11 is 8.61. The number of benzene rings is 3. The lowest BCUT2D eigenvalue weighted by atomic mass is 9.95. The molecule has 13 nitrogen and oxygen atoms in total. The average Bonchev–Trinajstić information content (AvgIpc) is 3.03. The molecule has 0 saturated carbocycles. The lowest BCUT2D eigenvalue weighted by Crippen LogP contribution is -2.45. The number of ether oxygens (including phenoxy) is 3. The Hall–Kier alpha value is -5.33. The number of nitro benzene ring substituents is 1. The van der Waals surface area contributed by atoms with Gasteiger partial charge in [0, 0.05) is 22.9 Å². The van der Waals surface area contributed by atoms with Gasteiger partial charge in [0.05, 0.1) is 45.5 Å². The Morgan fingerprint density at radius 2 is 1.93 bits per heavy atom. The van der Waals surface area contributed by atoms with Crippen LogP contribution in [-0.4, -0.2) is 41.3 Å². The number of thiocarbonyl (C=S) groups is 1. The van der Waals surface area contributed by atoms with Crippen molar-refractivity contribution in [2.75, 3.05) is 13.2 Å². The number of amides is 1. The zero-order valence-corrected chi connectivity index (χ0v) is 26.9. The lowest BCUT2D eigenvalue weighted by Gasteiger charge is -2.30. The van der Waals surface area contributed by atoms with Crippen LogP contribution in [0.15, 0.2) is 81.5 Å². The number of hydrogen-bond acceptors (Lipinski definition) is 10. The van der Waals surface area contributed by atoms with Gasteiger partial charge in [-0.05, 0) is 71.8 Å². The molecule has 0 saturated heterocycles. The molecule has 1 atom stereocenters. The summed E-state index contributed by atoms with van der Waals surface area (Å²) in [7, 11) is 0. The maximum atomic E-state index is 12.7. The molecule has 0 spiro atoms. The molecule has 0 radical (unpaired) electrons. The fourth-order valence-corrected chi connectivity index (χ4v) is 5.25. The predicted octanol–water partition coefficient (Wildman–Crippen LogP) is 4.69. The van der Waals surface area contributed by atoms with Crippen molar-refractivity contribution >= 4 is 57.0 Å². The highest BCUT2D eigenvalue weighted by atomic mass is 79.9. The molecular formula is C31H27BrN6O7S. The minimum atomic E-state index is -0.685. The van der Waals surface area contributed by atoms with Crippen LogP contribution in [0.4, 0.5) is 5.69 Å². The molecule has 1 heterocycles. The number of allylic oxidation sites excluding steroid dienone is 1. The Labute approximate surface area is 277 Å². The molecule has 46 heavy (non-hydrogen) atoms. The van der Waals surface area contributed by atoms with Crippen LogP contribution >= 0.6 is 28.1 Å². The molecule has 0 fully saturated rings. The Balaban J connectivity index is 1.41. The Morgan fingerprint density at radius 3 is 2.63 bits per heavy atom. The number of nitro groups is 1. The smallest absolute Gasteiger partial charge is 0.338 e. The summed E-state index contributed by atoms with van der Waals surface area (Å²) in [6.07, 6.45) is 1.24. The number of halogens is 1. The Bertz CT molecular complexity index is 1770. The first-order valence-corrected chi connectivity index (χ1v) is 14.9. The number of nitrogens with zero attached hydrogens (tertiary/aromatic N) is 3. The molecular weight excluding hydrogens is 680 g/mol. The van der Waals surface area contributed by atoms with Gasteiger partial charge >= 0.3 is 11.7 Å². The van der Waals surface area contributed by atoms with Crippen LogP contribution in [0.5, 0.6) is 11.5 Å². The topological polar surface area (TPSA) is 177 Å². The van der Waals surface area contributed by atoms with E-state index in [1.54, 1.807) is 68.4 Å². The summed E-state index contributed by atoms with van der Waals surface area (Å²) < 4.78 is 17.0. The standard InChI is InChI=1S/C31H27BrN6O7S/c1-3-43-30(40)27-18(2)35-31(46)36-28(27)22-6-4-5-7-25(22)44-17-26(39)37-34-15-21-12-23(32)29(24(13-21)38(41)42)45-16-20-10-8-19(14-33)9-11-20/h4-13,15,28H,3,16-17H2,1-2H3,(H,37,39)(H2,35,36,46)/t28-/m1/s1. The molecule has 3 aromatic rings. The number of para-hydroxylation sites is 1. The molecule has 0 aliphatic carbocycles. The summed E-state index contributed by atoms with van der Waals surface area (Å²) in [4.78, 5) is 36.5. The predicted molar refractivity (Wildman–Crippen MR) is 175 cm³/mol. The number of hydrazone groups is 1. The summed E-state index contributed by atoms with van der Waals surface area (Å²) in [5, 5.41) is 30.9. The van der Waals surface area contributed by atoms with Crippen molar-refractivity contribution < 1.29 is 28.7 Å². The number of carbonyl (C=O) groups is 2. The van der Waals surface area contributed by atoms with E-state index in [2.05, 4.69) is 37.1 Å². The largest absolute Gasteiger partial charge is 0.483 e. The van der Waals surface area contributed by atoms with E-state index in [1.807, 2.05) is 6.07 Å². The molecule has 4 rings (SSSR count). The molecule has 0 bridgehead atoms. The van der Waals surface area contributed by atoms with Crippen molar-refractivity contribution in [3.8, 4) is 17.6 Å².